The molecule has 0 aliphatic heterocycles. The van der Waals surface area contributed by atoms with Crippen molar-refractivity contribution in [1.29, 1.82) is 0 Å². The quantitative estimate of drug-likeness (QED) is 0.811. The Morgan fingerprint density at radius 1 is 1.24 bits per heavy atom. The number of carboxylic acids is 1. The van der Waals surface area contributed by atoms with Gasteiger partial charge in [0.2, 0.25) is 5.91 Å². The molecule has 0 radical (unpaired) electrons. The van der Waals surface area contributed by atoms with Crippen LogP contribution in [0.4, 0.5) is 0 Å². The Morgan fingerprint density at radius 2 is 1.82 bits per heavy atom. The van der Waals surface area contributed by atoms with Gasteiger partial charge >= 0.3 is 5.97 Å². The Morgan fingerprint density at radius 3 is 2.35 bits per heavy atom. The maximum absolute atomic E-state index is 11.6. The predicted molar refractivity (Wildman–Crippen MR) is 64.6 cm³/mol. The largest absolute Gasteiger partial charge is 0.481 e. The summed E-state index contributed by atoms with van der Waals surface area (Å²) in [4.78, 5) is 22.4. The summed E-state index contributed by atoms with van der Waals surface area (Å²) in [6.07, 6.45) is 0.275. The molecule has 92 valence electrons. The molecule has 0 aliphatic rings. The van der Waals surface area contributed by atoms with Crippen molar-refractivity contribution in [2.75, 3.05) is 0 Å². The van der Waals surface area contributed by atoms with Crippen molar-refractivity contribution in [2.45, 2.75) is 26.3 Å². The topological polar surface area (TPSA) is 66.4 Å². The number of carboxylic acid groups (broad SMARTS) is 1. The van der Waals surface area contributed by atoms with E-state index < -0.39 is 11.9 Å². The second-order valence-corrected chi connectivity index (χ2v) is 4.15. The summed E-state index contributed by atoms with van der Waals surface area (Å²) in [5.41, 5.74) is 0.917. The molecule has 2 atom stereocenters. The maximum atomic E-state index is 11.6. The maximum Gasteiger partial charge on any atom is 0.308 e. The van der Waals surface area contributed by atoms with Crippen molar-refractivity contribution in [3.05, 3.63) is 35.9 Å². The molecule has 0 spiro atoms. The first-order chi connectivity index (χ1) is 8.00. The van der Waals surface area contributed by atoms with Crippen molar-refractivity contribution in [1.82, 2.24) is 5.32 Å². The first kappa shape index (κ1) is 13.2. The number of amides is 1. The van der Waals surface area contributed by atoms with Crippen LogP contribution in [-0.2, 0) is 16.0 Å². The van der Waals surface area contributed by atoms with E-state index >= 15 is 0 Å². The van der Waals surface area contributed by atoms with E-state index in [9.17, 15) is 9.59 Å². The van der Waals surface area contributed by atoms with Gasteiger partial charge in [-0.25, -0.2) is 0 Å². The molecule has 0 heterocycles. The number of aliphatic carboxylic acids is 1. The highest BCUT2D eigenvalue weighted by molar-refractivity contribution is 5.80. The van der Waals surface area contributed by atoms with E-state index in [2.05, 4.69) is 5.32 Å². The van der Waals surface area contributed by atoms with Crippen LogP contribution in [0.3, 0.4) is 0 Å². The van der Waals surface area contributed by atoms with E-state index in [0.717, 1.165) is 5.56 Å². The number of carbonyl (C=O) groups is 2. The molecule has 1 aromatic rings. The van der Waals surface area contributed by atoms with Crippen molar-refractivity contribution < 1.29 is 14.7 Å². The summed E-state index contributed by atoms with van der Waals surface area (Å²) >= 11 is 0. The van der Waals surface area contributed by atoms with Gasteiger partial charge in [-0.1, -0.05) is 30.3 Å². The van der Waals surface area contributed by atoms with Crippen LogP contribution in [0.15, 0.2) is 30.3 Å². The minimum atomic E-state index is -0.905. The minimum absolute atomic E-state index is 0.156. The molecule has 4 nitrogen and oxygen atoms in total. The highest BCUT2D eigenvalue weighted by Crippen LogP contribution is 2.04. The molecular weight excluding hydrogens is 218 g/mol. The minimum Gasteiger partial charge on any atom is -0.481 e. The molecule has 0 bridgehead atoms. The second kappa shape index (κ2) is 6.03. The summed E-state index contributed by atoms with van der Waals surface area (Å²) < 4.78 is 0. The van der Waals surface area contributed by atoms with E-state index in [1.54, 1.807) is 13.8 Å². The number of carbonyl (C=O) groups excluding carboxylic acids is 1. The molecule has 0 unspecified atom stereocenters. The van der Waals surface area contributed by atoms with Crippen LogP contribution in [0.5, 0.6) is 0 Å². The number of hydrogen-bond acceptors (Lipinski definition) is 2. The van der Waals surface area contributed by atoms with Gasteiger partial charge in [0.25, 0.3) is 0 Å². The zero-order chi connectivity index (χ0) is 12.8. The van der Waals surface area contributed by atoms with Crippen molar-refractivity contribution in [3.8, 4) is 0 Å². The summed E-state index contributed by atoms with van der Waals surface area (Å²) in [6, 6.07) is 8.98. The van der Waals surface area contributed by atoms with Gasteiger partial charge in [-0.3, -0.25) is 9.59 Å². The fourth-order valence-corrected chi connectivity index (χ4v) is 1.43. The molecule has 0 aromatic heterocycles. The second-order valence-electron chi connectivity index (χ2n) is 4.15. The highest BCUT2D eigenvalue weighted by Gasteiger charge is 2.20. The predicted octanol–water partition coefficient (Wildman–Crippen LogP) is 1.45. The summed E-state index contributed by atoms with van der Waals surface area (Å²) in [6.45, 7) is 3.28. The van der Waals surface area contributed by atoms with Gasteiger partial charge in [0.1, 0.15) is 0 Å². The van der Waals surface area contributed by atoms with Crippen molar-refractivity contribution >= 4 is 11.9 Å². The van der Waals surface area contributed by atoms with Crippen LogP contribution in [0, 0.1) is 5.92 Å². The third kappa shape index (κ3) is 4.26. The van der Waals surface area contributed by atoms with Crippen molar-refractivity contribution in [3.63, 3.8) is 0 Å². The molecule has 17 heavy (non-hydrogen) atoms. The molecular formula is C13H17NO3. The third-order valence-corrected chi connectivity index (χ3v) is 2.74. The van der Waals surface area contributed by atoms with Gasteiger partial charge in [0, 0.05) is 6.04 Å². The number of hydrogen-bond donors (Lipinski definition) is 2. The Balaban J connectivity index is 2.48. The SMILES string of the molecule is C[C@H](NC(=O)Cc1ccccc1)[C@H](C)C(=O)O. The zero-order valence-corrected chi connectivity index (χ0v) is 10.0. The van der Waals surface area contributed by atoms with Gasteiger partial charge in [-0.05, 0) is 19.4 Å². The average Bonchev–Trinajstić information content (AvgIpc) is 2.28. The van der Waals surface area contributed by atoms with E-state index in [1.165, 1.54) is 0 Å². The molecule has 1 rings (SSSR count). The number of benzene rings is 1. The molecule has 0 saturated heterocycles. The van der Waals surface area contributed by atoms with Crippen LogP contribution < -0.4 is 5.32 Å². The lowest BCUT2D eigenvalue weighted by molar-refractivity contribution is -0.142. The van der Waals surface area contributed by atoms with Gasteiger partial charge < -0.3 is 10.4 Å². The lowest BCUT2D eigenvalue weighted by Gasteiger charge is -2.17. The molecule has 4 heteroatoms. The summed E-state index contributed by atoms with van der Waals surface area (Å²) in [5, 5.41) is 11.5. The number of rotatable bonds is 5. The Hall–Kier alpha value is -1.84. The van der Waals surface area contributed by atoms with Crippen LogP contribution in [-0.4, -0.2) is 23.0 Å². The van der Waals surface area contributed by atoms with Crippen LogP contribution in [0.25, 0.3) is 0 Å². The Labute approximate surface area is 101 Å². The van der Waals surface area contributed by atoms with Gasteiger partial charge in [-0.2, -0.15) is 0 Å². The molecule has 1 aromatic carbocycles. The van der Waals surface area contributed by atoms with Crippen LogP contribution in [0.2, 0.25) is 0 Å². The van der Waals surface area contributed by atoms with E-state index in [4.69, 9.17) is 5.11 Å². The zero-order valence-electron chi connectivity index (χ0n) is 10.0. The lowest BCUT2D eigenvalue weighted by atomic mass is 10.0. The van der Waals surface area contributed by atoms with Gasteiger partial charge in [-0.15, -0.1) is 0 Å². The molecule has 1 amide bonds. The van der Waals surface area contributed by atoms with Gasteiger partial charge in [0.05, 0.1) is 12.3 Å². The first-order valence-corrected chi connectivity index (χ1v) is 5.57. The number of nitrogens with one attached hydrogen (secondary N) is 1. The Kier molecular flexibility index (Phi) is 4.69. The lowest BCUT2D eigenvalue weighted by Crippen LogP contribution is -2.40. The Bertz CT molecular complexity index is 389. The average molecular weight is 235 g/mol. The smallest absolute Gasteiger partial charge is 0.308 e. The van der Waals surface area contributed by atoms with Crippen LogP contribution >= 0.6 is 0 Å². The summed E-state index contributed by atoms with van der Waals surface area (Å²) in [5.74, 6) is -1.65. The molecule has 0 saturated carbocycles. The standard InChI is InChI=1S/C13H17NO3/c1-9(13(16)17)10(2)14-12(15)8-11-6-4-3-5-7-11/h3-7,9-10H,8H2,1-2H3,(H,14,15)(H,16,17)/t9-,10-/m0/s1. The van der Waals surface area contributed by atoms with Crippen LogP contribution in [0.1, 0.15) is 19.4 Å². The normalized spacial score (nSPS) is 13.8. The van der Waals surface area contributed by atoms with E-state index in [0.29, 0.717) is 0 Å². The molecule has 2 N–H and O–H groups in total. The molecule has 0 aliphatic carbocycles. The fourth-order valence-electron chi connectivity index (χ4n) is 1.43. The first-order valence-electron chi connectivity index (χ1n) is 5.57. The fraction of sp³-hybridized carbons (Fsp3) is 0.385. The third-order valence-electron chi connectivity index (χ3n) is 2.74. The molecule has 0 fully saturated rings. The monoisotopic (exact) mass is 235 g/mol. The summed E-state index contributed by atoms with van der Waals surface area (Å²) in [7, 11) is 0. The highest BCUT2D eigenvalue weighted by atomic mass is 16.4. The van der Waals surface area contributed by atoms with E-state index in [-0.39, 0.29) is 18.4 Å². The van der Waals surface area contributed by atoms with Gasteiger partial charge in [0.15, 0.2) is 0 Å². The van der Waals surface area contributed by atoms with Crippen molar-refractivity contribution in [2.24, 2.45) is 5.92 Å². The van der Waals surface area contributed by atoms with E-state index in [1.807, 2.05) is 30.3 Å².